The molecule has 2 aromatic rings. The van der Waals surface area contributed by atoms with Gasteiger partial charge in [-0.3, -0.25) is 14.4 Å². The van der Waals surface area contributed by atoms with Crippen LogP contribution in [0.25, 0.3) is 0 Å². The fourth-order valence-electron chi connectivity index (χ4n) is 2.83. The van der Waals surface area contributed by atoms with Gasteiger partial charge in [0.25, 0.3) is 0 Å². The maximum atomic E-state index is 12.4. The zero-order chi connectivity index (χ0) is 27.4. The topological polar surface area (TPSA) is 164 Å². The lowest BCUT2D eigenvalue weighted by atomic mass is 9.89. The zero-order valence-electron chi connectivity index (χ0n) is 20.5. The second-order valence-electron chi connectivity index (χ2n) is 7.63. The van der Waals surface area contributed by atoms with Crippen LogP contribution < -0.4 is 0 Å². The number of carboxylic acid groups (broad SMARTS) is 1. The number of esters is 2. The van der Waals surface area contributed by atoms with Crippen molar-refractivity contribution in [2.24, 2.45) is 5.92 Å². The van der Waals surface area contributed by atoms with Gasteiger partial charge in [-0.25, -0.2) is 9.59 Å². The largest absolute Gasteiger partial charge is 0.480 e. The average molecular weight is 503 g/mol. The predicted octanol–water partition coefficient (Wildman–Crippen LogP) is 1.90. The Morgan fingerprint density at radius 1 is 0.667 bits per heavy atom. The Labute approximate surface area is 208 Å². The minimum atomic E-state index is -1.89. The normalized spacial score (nSPS) is 12.0. The van der Waals surface area contributed by atoms with Gasteiger partial charge in [0.05, 0.1) is 13.2 Å². The van der Waals surface area contributed by atoms with E-state index in [1.54, 1.807) is 38.1 Å². The summed E-state index contributed by atoms with van der Waals surface area (Å²) in [5, 5.41) is 27.5. The molecule has 0 fully saturated rings. The molecule has 0 saturated heterocycles. The first-order chi connectivity index (χ1) is 16.9. The Morgan fingerprint density at radius 3 is 1.22 bits per heavy atom. The fourth-order valence-corrected chi connectivity index (χ4v) is 2.83. The molecule has 3 N–H and O–H groups in total. The first-order valence-electron chi connectivity index (χ1n) is 11.1. The van der Waals surface area contributed by atoms with Gasteiger partial charge in [0.1, 0.15) is 0 Å². The number of benzene rings is 2. The van der Waals surface area contributed by atoms with E-state index in [0.717, 1.165) is 11.1 Å². The third kappa shape index (κ3) is 8.71. The van der Waals surface area contributed by atoms with Crippen LogP contribution in [0.1, 0.15) is 45.7 Å². The summed E-state index contributed by atoms with van der Waals surface area (Å²) in [4.78, 5) is 57.9. The molecule has 0 aliphatic carbocycles. The number of rotatable bonds is 10. The van der Waals surface area contributed by atoms with Gasteiger partial charge in [0.2, 0.25) is 0 Å². The molecular formula is C26H30O10. The van der Waals surface area contributed by atoms with Gasteiger partial charge in [-0.15, -0.1) is 0 Å². The van der Waals surface area contributed by atoms with Crippen LogP contribution in [0, 0.1) is 19.8 Å². The minimum Gasteiger partial charge on any atom is -0.480 e. The van der Waals surface area contributed by atoms with Gasteiger partial charge in [0.15, 0.2) is 29.7 Å². The van der Waals surface area contributed by atoms with Gasteiger partial charge in [-0.2, -0.15) is 0 Å². The molecule has 2 rings (SSSR count). The second kappa shape index (κ2) is 14.5. The number of Topliss-reactive ketones (excluding diaryl/α,β-unsaturated/α-hetero) is 2. The predicted molar refractivity (Wildman–Crippen MR) is 127 cm³/mol. The Morgan fingerprint density at radius 2 is 0.972 bits per heavy atom. The van der Waals surface area contributed by atoms with E-state index < -0.39 is 47.6 Å². The highest BCUT2D eigenvalue weighted by Gasteiger charge is 2.35. The number of aliphatic carboxylic acids is 1. The summed E-state index contributed by atoms with van der Waals surface area (Å²) in [5.74, 6) is -6.64. The molecule has 0 heterocycles. The molecule has 0 spiro atoms. The highest BCUT2D eigenvalue weighted by molar-refractivity contribution is 6.26. The summed E-state index contributed by atoms with van der Waals surface area (Å²) in [5.41, 5.74) is 2.35. The molecule has 0 saturated carbocycles. The van der Waals surface area contributed by atoms with Crippen LogP contribution in [0.15, 0.2) is 48.5 Å². The summed E-state index contributed by atoms with van der Waals surface area (Å²) in [6.45, 7) is 6.93. The lowest BCUT2D eigenvalue weighted by Gasteiger charge is -2.14. The van der Waals surface area contributed by atoms with E-state index in [1.807, 2.05) is 13.8 Å². The smallest absolute Gasteiger partial charge is 0.338 e. The molecule has 2 unspecified atom stereocenters. The third-order valence-electron chi connectivity index (χ3n) is 4.80. The number of aliphatic hydroxyl groups excluding tert-OH is 2. The number of aryl methyl sites for hydroxylation is 2. The monoisotopic (exact) mass is 502 g/mol. The number of ether oxygens (including phenoxy) is 2. The van der Waals surface area contributed by atoms with Crippen molar-refractivity contribution in [2.45, 2.75) is 39.9 Å². The molecule has 0 amide bonds. The lowest BCUT2D eigenvalue weighted by Crippen LogP contribution is -2.41. The minimum absolute atomic E-state index is 0.0610. The van der Waals surface area contributed by atoms with Crippen LogP contribution in [0.2, 0.25) is 0 Å². The quantitative estimate of drug-likeness (QED) is 0.248. The second-order valence-corrected chi connectivity index (χ2v) is 7.63. The summed E-state index contributed by atoms with van der Waals surface area (Å²) < 4.78 is 8.79. The fraction of sp³-hybridized carbons (Fsp3) is 0.346. The van der Waals surface area contributed by atoms with Crippen molar-refractivity contribution in [3.05, 3.63) is 70.8 Å². The van der Waals surface area contributed by atoms with Crippen LogP contribution in [-0.2, 0) is 23.9 Å². The number of carbonyl (C=O) groups excluding carboxylic acids is 4. The van der Waals surface area contributed by atoms with E-state index in [9.17, 15) is 29.1 Å². The van der Waals surface area contributed by atoms with Crippen molar-refractivity contribution >= 4 is 29.5 Å². The maximum Gasteiger partial charge on any atom is 0.338 e. The highest BCUT2D eigenvalue weighted by Crippen LogP contribution is 2.17. The van der Waals surface area contributed by atoms with Crippen LogP contribution in [-0.4, -0.2) is 70.2 Å². The maximum absolute atomic E-state index is 12.4. The summed E-state index contributed by atoms with van der Waals surface area (Å²) in [6.07, 6.45) is -3.79. The van der Waals surface area contributed by atoms with Crippen molar-refractivity contribution < 1.29 is 48.8 Å². The Bertz CT molecular complexity index is 978. The van der Waals surface area contributed by atoms with Crippen molar-refractivity contribution in [1.82, 2.24) is 0 Å². The molecule has 36 heavy (non-hydrogen) atoms. The van der Waals surface area contributed by atoms with Crippen molar-refractivity contribution in [3.8, 4) is 0 Å². The van der Waals surface area contributed by atoms with E-state index >= 15 is 0 Å². The highest BCUT2D eigenvalue weighted by atomic mass is 16.6. The SMILES string of the molecule is CCOC(=O)C(O)C(O)C(=O)OCC.Cc1ccc(C(=O)C(C(=O)O)C(=O)c2ccc(C)cc2)cc1. The number of hydrogen-bond acceptors (Lipinski definition) is 9. The average Bonchev–Trinajstić information content (AvgIpc) is 2.84. The molecule has 0 bridgehead atoms. The molecule has 2 atom stereocenters. The Kier molecular flexibility index (Phi) is 12.1. The molecule has 10 heteroatoms. The van der Waals surface area contributed by atoms with Gasteiger partial charge in [-0.05, 0) is 27.7 Å². The number of carboxylic acids is 1. The Balaban J connectivity index is 0.000000402. The van der Waals surface area contributed by atoms with Crippen molar-refractivity contribution in [1.29, 1.82) is 0 Å². The first kappa shape index (κ1) is 30.1. The summed E-state index contributed by atoms with van der Waals surface area (Å²) >= 11 is 0. The van der Waals surface area contributed by atoms with E-state index in [2.05, 4.69) is 9.47 Å². The number of aliphatic hydroxyl groups is 2. The van der Waals surface area contributed by atoms with E-state index in [1.165, 1.54) is 24.3 Å². The first-order valence-corrected chi connectivity index (χ1v) is 11.1. The van der Waals surface area contributed by atoms with E-state index in [4.69, 9.17) is 10.2 Å². The number of carbonyl (C=O) groups is 5. The molecule has 0 aromatic heterocycles. The van der Waals surface area contributed by atoms with Crippen LogP contribution >= 0.6 is 0 Å². The van der Waals surface area contributed by atoms with Gasteiger partial charge in [0, 0.05) is 11.1 Å². The van der Waals surface area contributed by atoms with E-state index in [-0.39, 0.29) is 24.3 Å². The number of ketones is 2. The van der Waals surface area contributed by atoms with Crippen LogP contribution in [0.5, 0.6) is 0 Å². The summed E-state index contributed by atoms with van der Waals surface area (Å²) in [6, 6.07) is 13.0. The lowest BCUT2D eigenvalue weighted by molar-refractivity contribution is -0.172. The number of hydrogen-bond donors (Lipinski definition) is 3. The molecule has 10 nitrogen and oxygen atoms in total. The third-order valence-corrected chi connectivity index (χ3v) is 4.80. The molecule has 0 aliphatic rings. The van der Waals surface area contributed by atoms with Crippen molar-refractivity contribution in [2.75, 3.05) is 13.2 Å². The van der Waals surface area contributed by atoms with E-state index in [0.29, 0.717) is 0 Å². The molecule has 0 radical (unpaired) electrons. The Hall–Kier alpha value is -3.89. The van der Waals surface area contributed by atoms with Gasteiger partial charge >= 0.3 is 17.9 Å². The summed E-state index contributed by atoms with van der Waals surface area (Å²) in [7, 11) is 0. The van der Waals surface area contributed by atoms with Crippen LogP contribution in [0.4, 0.5) is 0 Å². The molecule has 194 valence electrons. The van der Waals surface area contributed by atoms with Crippen molar-refractivity contribution in [3.63, 3.8) is 0 Å². The van der Waals surface area contributed by atoms with Crippen LogP contribution in [0.3, 0.4) is 0 Å². The standard InChI is InChI=1S/C18H16O4.C8H14O6/c1-11-3-7-13(8-4-11)16(19)15(18(21)22)17(20)14-9-5-12(2)6-10-14;1-3-13-7(11)5(9)6(10)8(12)14-4-2/h3-10,15H,1-2H3,(H,21,22);5-6,9-10H,3-4H2,1-2H3. The zero-order valence-corrected chi connectivity index (χ0v) is 20.5. The molecule has 0 aliphatic heterocycles. The van der Waals surface area contributed by atoms with Gasteiger partial charge < -0.3 is 24.8 Å². The molecule has 2 aromatic carbocycles. The van der Waals surface area contributed by atoms with Gasteiger partial charge in [-0.1, -0.05) is 59.7 Å². The molecular weight excluding hydrogens is 472 g/mol.